The molecule has 0 spiro atoms. The van der Waals surface area contributed by atoms with E-state index in [0.717, 1.165) is 25.0 Å². The lowest BCUT2D eigenvalue weighted by molar-refractivity contribution is -0.137. The first-order valence-corrected chi connectivity index (χ1v) is 9.08. The number of furan rings is 1. The minimum atomic E-state index is -4.48. The van der Waals surface area contributed by atoms with E-state index in [0.29, 0.717) is 0 Å². The highest BCUT2D eigenvalue weighted by molar-refractivity contribution is 5.95. The van der Waals surface area contributed by atoms with Gasteiger partial charge in [-0.1, -0.05) is 6.07 Å². The van der Waals surface area contributed by atoms with Gasteiger partial charge in [-0.05, 0) is 56.0 Å². The first kappa shape index (κ1) is 20.0. The lowest BCUT2D eigenvalue weighted by atomic mass is 10.1. The molecule has 0 unspecified atom stereocenters. The number of halogens is 3. The zero-order chi connectivity index (χ0) is 20.3. The van der Waals surface area contributed by atoms with Gasteiger partial charge < -0.3 is 14.6 Å². The predicted molar refractivity (Wildman–Crippen MR) is 96.8 cm³/mol. The van der Waals surface area contributed by atoms with Gasteiger partial charge >= 0.3 is 6.18 Å². The number of hydrogen-bond acceptors (Lipinski definition) is 3. The first-order valence-electron chi connectivity index (χ1n) is 9.08. The molecule has 1 N–H and O–H groups in total. The molecule has 0 saturated heterocycles. The lowest BCUT2D eigenvalue weighted by Crippen LogP contribution is -2.41. The monoisotopic (exact) mass is 394 g/mol. The van der Waals surface area contributed by atoms with Crippen molar-refractivity contribution in [1.29, 1.82) is 0 Å². The standard InChI is InChI=1S/C20H21F3N2O3/c1-13(14-7-8-14)25(16-5-2-4-15(12-16)20(21,22)23)18(26)9-10-24-19(27)17-6-3-11-28-17/h2-6,11-14H,7-10H2,1H3,(H,24,27)/t13-/m1/s1. The van der Waals surface area contributed by atoms with E-state index in [1.54, 1.807) is 6.07 Å². The van der Waals surface area contributed by atoms with Crippen LogP contribution in [0.5, 0.6) is 0 Å². The Morgan fingerprint density at radius 3 is 2.61 bits per heavy atom. The Hall–Kier alpha value is -2.77. The van der Waals surface area contributed by atoms with Crippen LogP contribution >= 0.6 is 0 Å². The molecule has 3 rings (SSSR count). The molecule has 28 heavy (non-hydrogen) atoms. The molecule has 150 valence electrons. The molecular weight excluding hydrogens is 373 g/mol. The van der Waals surface area contributed by atoms with Crippen molar-refractivity contribution in [2.75, 3.05) is 11.4 Å². The summed E-state index contributed by atoms with van der Waals surface area (Å²) in [5, 5.41) is 2.58. The molecule has 1 aromatic carbocycles. The van der Waals surface area contributed by atoms with Gasteiger partial charge in [0, 0.05) is 24.7 Å². The highest BCUT2D eigenvalue weighted by Gasteiger charge is 2.36. The van der Waals surface area contributed by atoms with E-state index < -0.39 is 17.6 Å². The van der Waals surface area contributed by atoms with Crippen LogP contribution in [0.15, 0.2) is 47.1 Å². The Bertz CT molecular complexity index is 829. The summed E-state index contributed by atoms with van der Waals surface area (Å²) in [6, 6.07) is 7.66. The van der Waals surface area contributed by atoms with Crippen LogP contribution in [-0.4, -0.2) is 24.4 Å². The smallest absolute Gasteiger partial charge is 0.416 e. The average molecular weight is 394 g/mol. The topological polar surface area (TPSA) is 62.6 Å². The van der Waals surface area contributed by atoms with Crippen LogP contribution in [0.25, 0.3) is 0 Å². The average Bonchev–Trinajstić information content (AvgIpc) is 3.35. The number of anilines is 1. The van der Waals surface area contributed by atoms with E-state index in [-0.39, 0.29) is 42.3 Å². The molecule has 1 aliphatic carbocycles. The van der Waals surface area contributed by atoms with Crippen molar-refractivity contribution < 1.29 is 27.2 Å². The first-order chi connectivity index (χ1) is 13.3. The van der Waals surface area contributed by atoms with E-state index in [9.17, 15) is 22.8 Å². The Labute approximate surface area is 160 Å². The Morgan fingerprint density at radius 2 is 2.00 bits per heavy atom. The number of benzene rings is 1. The van der Waals surface area contributed by atoms with Crippen LogP contribution in [0, 0.1) is 5.92 Å². The fourth-order valence-electron chi connectivity index (χ4n) is 3.13. The molecule has 1 heterocycles. The van der Waals surface area contributed by atoms with E-state index >= 15 is 0 Å². The summed E-state index contributed by atoms with van der Waals surface area (Å²) in [4.78, 5) is 26.1. The maximum Gasteiger partial charge on any atom is 0.416 e. The largest absolute Gasteiger partial charge is 0.459 e. The van der Waals surface area contributed by atoms with Gasteiger partial charge in [-0.25, -0.2) is 0 Å². The maximum atomic E-state index is 13.1. The quantitative estimate of drug-likeness (QED) is 0.764. The van der Waals surface area contributed by atoms with Gasteiger partial charge in [0.15, 0.2) is 5.76 Å². The summed E-state index contributed by atoms with van der Waals surface area (Å²) in [6.07, 6.45) is -1.25. The van der Waals surface area contributed by atoms with Crippen molar-refractivity contribution in [3.8, 4) is 0 Å². The fourth-order valence-corrected chi connectivity index (χ4v) is 3.13. The van der Waals surface area contributed by atoms with E-state index in [1.807, 2.05) is 6.92 Å². The van der Waals surface area contributed by atoms with Crippen LogP contribution in [0.4, 0.5) is 18.9 Å². The van der Waals surface area contributed by atoms with E-state index in [1.165, 1.54) is 29.4 Å². The minimum absolute atomic E-state index is 0.0280. The molecule has 5 nitrogen and oxygen atoms in total. The van der Waals surface area contributed by atoms with Crippen molar-refractivity contribution in [1.82, 2.24) is 5.32 Å². The van der Waals surface area contributed by atoms with Crippen molar-refractivity contribution in [3.05, 3.63) is 54.0 Å². The molecule has 1 saturated carbocycles. The molecule has 0 aliphatic heterocycles. The number of carbonyl (C=O) groups excluding carboxylic acids is 2. The summed E-state index contributed by atoms with van der Waals surface area (Å²) >= 11 is 0. The number of amides is 2. The van der Waals surface area contributed by atoms with Gasteiger partial charge in [-0.15, -0.1) is 0 Å². The molecular formula is C20H21F3N2O3. The Balaban J connectivity index is 1.71. The summed E-state index contributed by atoms with van der Waals surface area (Å²) in [6.45, 7) is 1.91. The SMILES string of the molecule is C[C@H](C1CC1)N(C(=O)CCNC(=O)c1ccco1)c1cccc(C(F)(F)F)c1. The number of alkyl halides is 3. The predicted octanol–water partition coefficient (Wildman–Crippen LogP) is 4.25. The third-order valence-corrected chi connectivity index (χ3v) is 4.80. The lowest BCUT2D eigenvalue weighted by Gasteiger charge is -2.30. The second-order valence-corrected chi connectivity index (χ2v) is 6.87. The molecule has 0 bridgehead atoms. The number of carbonyl (C=O) groups is 2. The van der Waals surface area contributed by atoms with E-state index in [4.69, 9.17) is 4.42 Å². The molecule has 2 aromatic rings. The second kappa shape index (κ2) is 8.08. The molecule has 0 radical (unpaired) electrons. The van der Waals surface area contributed by atoms with Gasteiger partial charge in [0.05, 0.1) is 11.8 Å². The number of rotatable bonds is 7. The Kier molecular flexibility index (Phi) is 5.76. The highest BCUT2D eigenvalue weighted by atomic mass is 19.4. The van der Waals surface area contributed by atoms with Gasteiger partial charge in [0.25, 0.3) is 5.91 Å². The van der Waals surface area contributed by atoms with E-state index in [2.05, 4.69) is 5.32 Å². The maximum absolute atomic E-state index is 13.1. The molecule has 2 amide bonds. The summed E-state index contributed by atoms with van der Waals surface area (Å²) in [5.74, 6) is -0.373. The van der Waals surface area contributed by atoms with Crippen molar-refractivity contribution in [2.24, 2.45) is 5.92 Å². The van der Waals surface area contributed by atoms with Gasteiger partial charge in [0.1, 0.15) is 0 Å². The van der Waals surface area contributed by atoms with Gasteiger partial charge in [0.2, 0.25) is 5.91 Å². The molecule has 8 heteroatoms. The fraction of sp³-hybridized carbons (Fsp3) is 0.400. The minimum Gasteiger partial charge on any atom is -0.459 e. The molecule has 1 aromatic heterocycles. The third kappa shape index (κ3) is 4.74. The highest BCUT2D eigenvalue weighted by Crippen LogP contribution is 2.38. The molecule has 1 aliphatic rings. The Morgan fingerprint density at radius 1 is 1.25 bits per heavy atom. The number of nitrogens with one attached hydrogen (secondary N) is 1. The van der Waals surface area contributed by atoms with Gasteiger partial charge in [-0.3, -0.25) is 9.59 Å². The van der Waals surface area contributed by atoms with Crippen molar-refractivity contribution in [3.63, 3.8) is 0 Å². The zero-order valence-electron chi connectivity index (χ0n) is 15.3. The molecule has 1 atom stereocenters. The van der Waals surface area contributed by atoms with Crippen LogP contribution in [0.2, 0.25) is 0 Å². The second-order valence-electron chi connectivity index (χ2n) is 6.87. The molecule has 1 fully saturated rings. The summed E-state index contributed by atoms with van der Waals surface area (Å²) in [7, 11) is 0. The van der Waals surface area contributed by atoms with Crippen LogP contribution in [0.1, 0.15) is 42.3 Å². The van der Waals surface area contributed by atoms with Gasteiger partial charge in [-0.2, -0.15) is 13.2 Å². The normalized spacial score (nSPS) is 15.1. The summed E-state index contributed by atoms with van der Waals surface area (Å²) in [5.41, 5.74) is -0.575. The van der Waals surface area contributed by atoms with Crippen LogP contribution < -0.4 is 10.2 Å². The van der Waals surface area contributed by atoms with Crippen LogP contribution in [0.3, 0.4) is 0 Å². The number of hydrogen-bond donors (Lipinski definition) is 1. The third-order valence-electron chi connectivity index (χ3n) is 4.80. The number of nitrogens with zero attached hydrogens (tertiary/aromatic N) is 1. The zero-order valence-corrected chi connectivity index (χ0v) is 15.3. The van der Waals surface area contributed by atoms with Crippen LogP contribution in [-0.2, 0) is 11.0 Å². The summed E-state index contributed by atoms with van der Waals surface area (Å²) < 4.78 is 44.2. The van der Waals surface area contributed by atoms with Crippen molar-refractivity contribution in [2.45, 2.75) is 38.4 Å². The van der Waals surface area contributed by atoms with Crippen molar-refractivity contribution >= 4 is 17.5 Å².